The molecule has 1 aliphatic rings. The van der Waals surface area contributed by atoms with E-state index in [4.69, 9.17) is 0 Å². The fourth-order valence-electron chi connectivity index (χ4n) is 2.96. The van der Waals surface area contributed by atoms with Crippen molar-refractivity contribution in [3.63, 3.8) is 0 Å². The van der Waals surface area contributed by atoms with E-state index < -0.39 is 0 Å². The van der Waals surface area contributed by atoms with Crippen LogP contribution in [0.4, 0.5) is 0 Å². The van der Waals surface area contributed by atoms with Crippen LogP contribution in [-0.4, -0.2) is 39.1 Å². The van der Waals surface area contributed by atoms with Gasteiger partial charge in [-0.05, 0) is 31.9 Å². The molecule has 22 heavy (non-hydrogen) atoms. The van der Waals surface area contributed by atoms with E-state index in [-0.39, 0.29) is 11.9 Å². The summed E-state index contributed by atoms with van der Waals surface area (Å²) >= 11 is 0. The lowest BCUT2D eigenvalue weighted by Crippen LogP contribution is -2.36. The van der Waals surface area contributed by atoms with Crippen LogP contribution in [-0.2, 0) is 11.3 Å². The average Bonchev–Trinajstić information content (AvgIpc) is 3.16. The number of H-pyrrole nitrogens is 1. The van der Waals surface area contributed by atoms with E-state index in [1.54, 1.807) is 0 Å². The number of aromatic amines is 1. The Kier molecular flexibility index (Phi) is 4.48. The van der Waals surface area contributed by atoms with Crippen LogP contribution in [0.2, 0.25) is 0 Å². The van der Waals surface area contributed by atoms with Crippen molar-refractivity contribution in [2.45, 2.75) is 32.4 Å². The first kappa shape index (κ1) is 14.7. The molecule has 0 aliphatic carbocycles. The predicted octanol–water partition coefficient (Wildman–Crippen LogP) is 1.57. The Morgan fingerprint density at radius 1 is 1.50 bits per heavy atom. The van der Waals surface area contributed by atoms with Gasteiger partial charge in [-0.1, -0.05) is 29.8 Å². The topological polar surface area (TPSA) is 73.9 Å². The Labute approximate surface area is 129 Å². The van der Waals surface area contributed by atoms with Gasteiger partial charge in [-0.25, -0.2) is 4.98 Å². The third-order valence-corrected chi connectivity index (χ3v) is 4.03. The minimum absolute atomic E-state index is 0.0490. The molecule has 116 valence electrons. The lowest BCUT2D eigenvalue weighted by molar-refractivity contribution is -0.122. The van der Waals surface area contributed by atoms with Gasteiger partial charge < -0.3 is 5.32 Å². The van der Waals surface area contributed by atoms with Crippen LogP contribution in [0.5, 0.6) is 0 Å². The summed E-state index contributed by atoms with van der Waals surface area (Å²) in [5, 5.41) is 9.81. The summed E-state index contributed by atoms with van der Waals surface area (Å²) in [5.74, 6) is 0.900. The predicted molar refractivity (Wildman–Crippen MR) is 83.0 cm³/mol. The summed E-state index contributed by atoms with van der Waals surface area (Å²) < 4.78 is 0. The summed E-state index contributed by atoms with van der Waals surface area (Å²) in [4.78, 5) is 18.6. The van der Waals surface area contributed by atoms with Crippen LogP contribution >= 0.6 is 0 Å². The molecule has 0 saturated carbocycles. The molecule has 2 aromatic rings. The van der Waals surface area contributed by atoms with Gasteiger partial charge in [0.05, 0.1) is 12.6 Å². The van der Waals surface area contributed by atoms with Crippen LogP contribution in [0.3, 0.4) is 0 Å². The van der Waals surface area contributed by atoms with Crippen LogP contribution in [0, 0.1) is 6.92 Å². The lowest BCUT2D eigenvalue weighted by Gasteiger charge is -2.21. The third-order valence-electron chi connectivity index (χ3n) is 4.03. The SMILES string of the molecule is Cc1cccc(CNC(=O)CN2CCC[C@H]2c2ncn[nH]2)c1. The van der Waals surface area contributed by atoms with Crippen molar-refractivity contribution < 1.29 is 4.79 Å². The molecule has 1 aromatic heterocycles. The smallest absolute Gasteiger partial charge is 0.234 e. The monoisotopic (exact) mass is 299 g/mol. The molecule has 1 aromatic carbocycles. The zero-order chi connectivity index (χ0) is 15.4. The van der Waals surface area contributed by atoms with Gasteiger partial charge in [-0.3, -0.25) is 14.8 Å². The number of rotatable bonds is 5. The maximum absolute atomic E-state index is 12.2. The van der Waals surface area contributed by atoms with Crippen LogP contribution in [0.15, 0.2) is 30.6 Å². The lowest BCUT2D eigenvalue weighted by atomic mass is 10.1. The van der Waals surface area contributed by atoms with Crippen molar-refractivity contribution in [2.75, 3.05) is 13.1 Å². The van der Waals surface area contributed by atoms with Crippen molar-refractivity contribution in [3.8, 4) is 0 Å². The number of carbonyl (C=O) groups is 1. The van der Waals surface area contributed by atoms with Crippen LogP contribution < -0.4 is 5.32 Å². The van der Waals surface area contributed by atoms with Crippen LogP contribution in [0.25, 0.3) is 0 Å². The molecule has 2 heterocycles. The average molecular weight is 299 g/mol. The number of aromatic nitrogens is 3. The van der Waals surface area contributed by atoms with Gasteiger partial charge in [0.2, 0.25) is 5.91 Å². The summed E-state index contributed by atoms with van der Waals surface area (Å²) in [5.41, 5.74) is 2.33. The highest BCUT2D eigenvalue weighted by atomic mass is 16.2. The number of aryl methyl sites for hydroxylation is 1. The van der Waals surface area contributed by atoms with Gasteiger partial charge in [-0.2, -0.15) is 5.10 Å². The minimum Gasteiger partial charge on any atom is -0.351 e. The van der Waals surface area contributed by atoms with Gasteiger partial charge in [0.1, 0.15) is 12.2 Å². The number of amides is 1. The van der Waals surface area contributed by atoms with E-state index in [1.165, 1.54) is 11.9 Å². The number of nitrogens with one attached hydrogen (secondary N) is 2. The molecule has 1 saturated heterocycles. The molecule has 0 spiro atoms. The molecular formula is C16H21N5O. The molecular weight excluding hydrogens is 278 g/mol. The molecule has 1 amide bonds. The first-order chi connectivity index (χ1) is 10.7. The van der Waals surface area contributed by atoms with Gasteiger partial charge in [0.25, 0.3) is 0 Å². The molecule has 0 unspecified atom stereocenters. The number of benzene rings is 1. The van der Waals surface area contributed by atoms with E-state index in [1.807, 2.05) is 12.1 Å². The highest BCUT2D eigenvalue weighted by Crippen LogP contribution is 2.28. The molecule has 6 heteroatoms. The normalized spacial score (nSPS) is 18.5. The quantitative estimate of drug-likeness (QED) is 0.879. The second kappa shape index (κ2) is 6.70. The van der Waals surface area contributed by atoms with Crippen molar-refractivity contribution in [3.05, 3.63) is 47.5 Å². The van der Waals surface area contributed by atoms with E-state index in [9.17, 15) is 4.79 Å². The fraction of sp³-hybridized carbons (Fsp3) is 0.438. The summed E-state index contributed by atoms with van der Waals surface area (Å²) in [6, 6.07) is 8.36. The van der Waals surface area contributed by atoms with Crippen LogP contribution in [0.1, 0.15) is 35.8 Å². The zero-order valence-electron chi connectivity index (χ0n) is 12.7. The van der Waals surface area contributed by atoms with Crippen molar-refractivity contribution in [1.29, 1.82) is 0 Å². The van der Waals surface area contributed by atoms with Crippen molar-refractivity contribution >= 4 is 5.91 Å². The number of carbonyl (C=O) groups excluding carboxylic acids is 1. The highest BCUT2D eigenvalue weighted by molar-refractivity contribution is 5.78. The minimum atomic E-state index is 0.0490. The maximum Gasteiger partial charge on any atom is 0.234 e. The Hall–Kier alpha value is -2.21. The molecule has 1 aliphatic heterocycles. The van der Waals surface area contributed by atoms with Gasteiger partial charge >= 0.3 is 0 Å². The largest absolute Gasteiger partial charge is 0.351 e. The summed E-state index contributed by atoms with van der Waals surface area (Å²) in [6.45, 7) is 3.94. The first-order valence-electron chi connectivity index (χ1n) is 7.64. The number of hydrogen-bond donors (Lipinski definition) is 2. The van der Waals surface area contributed by atoms with E-state index in [2.05, 4.69) is 44.5 Å². The molecule has 0 radical (unpaired) electrons. The van der Waals surface area contributed by atoms with Crippen molar-refractivity contribution in [1.82, 2.24) is 25.4 Å². The van der Waals surface area contributed by atoms with Gasteiger partial charge in [0, 0.05) is 6.54 Å². The molecule has 3 rings (SSSR count). The maximum atomic E-state index is 12.2. The Bertz CT molecular complexity index is 625. The van der Waals surface area contributed by atoms with E-state index in [0.29, 0.717) is 13.1 Å². The first-order valence-corrected chi connectivity index (χ1v) is 7.64. The Morgan fingerprint density at radius 2 is 2.41 bits per heavy atom. The van der Waals surface area contributed by atoms with E-state index >= 15 is 0 Å². The van der Waals surface area contributed by atoms with Gasteiger partial charge in [0.15, 0.2) is 0 Å². The van der Waals surface area contributed by atoms with E-state index in [0.717, 1.165) is 30.8 Å². The summed E-state index contributed by atoms with van der Waals surface area (Å²) in [6.07, 6.45) is 3.61. The highest BCUT2D eigenvalue weighted by Gasteiger charge is 2.29. The van der Waals surface area contributed by atoms with Gasteiger partial charge in [-0.15, -0.1) is 0 Å². The molecule has 6 nitrogen and oxygen atoms in total. The summed E-state index contributed by atoms with van der Waals surface area (Å²) in [7, 11) is 0. The standard InChI is InChI=1S/C16H21N5O/c1-12-4-2-5-13(8-12)9-17-15(22)10-21-7-3-6-14(21)16-18-11-19-20-16/h2,4-5,8,11,14H,3,6-7,9-10H2,1H3,(H,17,22)(H,18,19,20)/t14-/m0/s1. The fourth-order valence-corrected chi connectivity index (χ4v) is 2.96. The zero-order valence-corrected chi connectivity index (χ0v) is 12.7. The number of nitrogens with zero attached hydrogens (tertiary/aromatic N) is 3. The second-order valence-corrected chi connectivity index (χ2v) is 5.76. The number of hydrogen-bond acceptors (Lipinski definition) is 4. The van der Waals surface area contributed by atoms with Crippen molar-refractivity contribution in [2.24, 2.45) is 0 Å². The molecule has 2 N–H and O–H groups in total. The Morgan fingerprint density at radius 3 is 3.18 bits per heavy atom. The second-order valence-electron chi connectivity index (χ2n) is 5.76. The Balaban J connectivity index is 1.53. The molecule has 0 bridgehead atoms. The third kappa shape index (κ3) is 3.51. The number of likely N-dealkylation sites (tertiary alicyclic amines) is 1. The molecule has 1 atom stereocenters. The molecule has 1 fully saturated rings.